The topological polar surface area (TPSA) is 174 Å². The van der Waals surface area contributed by atoms with E-state index in [4.69, 9.17) is 9.47 Å². The molecule has 1 unspecified atom stereocenters. The first-order valence-corrected chi connectivity index (χ1v) is 16.2. The van der Waals surface area contributed by atoms with Crippen LogP contribution in [0, 0.1) is 52.3 Å². The van der Waals surface area contributed by atoms with Crippen molar-refractivity contribution < 1.29 is 49.7 Å². The first kappa shape index (κ1) is 32.1. The zero-order valence-electron chi connectivity index (χ0n) is 25.5. The summed E-state index contributed by atoms with van der Waals surface area (Å²) in [7, 11) is 0. The van der Waals surface area contributed by atoms with Crippen molar-refractivity contribution in [2.75, 3.05) is 0 Å². The van der Waals surface area contributed by atoms with Gasteiger partial charge in [0.2, 0.25) is 6.29 Å². The van der Waals surface area contributed by atoms with E-state index in [2.05, 4.69) is 27.7 Å². The van der Waals surface area contributed by atoms with Gasteiger partial charge in [-0.2, -0.15) is 0 Å². The minimum Gasteiger partial charge on any atom is -0.479 e. The Balaban J connectivity index is 1.23. The number of carboxylic acids is 1. The van der Waals surface area contributed by atoms with Crippen molar-refractivity contribution in [3.8, 4) is 0 Å². The second-order valence-electron chi connectivity index (χ2n) is 14.9. The summed E-state index contributed by atoms with van der Waals surface area (Å²) in [5.41, 5.74) is 0.201. The van der Waals surface area contributed by atoms with Gasteiger partial charge in [0, 0.05) is 6.42 Å². The number of aliphatic hydroxyl groups excluding tert-OH is 5. The predicted molar refractivity (Wildman–Crippen MR) is 151 cm³/mol. The summed E-state index contributed by atoms with van der Waals surface area (Å²) in [4.78, 5) is 24.1. The summed E-state index contributed by atoms with van der Waals surface area (Å²) in [6, 6.07) is 0. The average molecular weight is 597 g/mol. The molecule has 0 radical (unpaired) electrons. The fraction of sp³-hybridized carbons (Fsp3) is 0.938. The Morgan fingerprint density at radius 3 is 2.21 bits per heavy atom. The van der Waals surface area contributed by atoms with Crippen LogP contribution >= 0.6 is 0 Å². The van der Waals surface area contributed by atoms with E-state index in [0.717, 1.165) is 51.4 Å². The fourth-order valence-electron chi connectivity index (χ4n) is 10.8. The first-order chi connectivity index (χ1) is 19.7. The van der Waals surface area contributed by atoms with Gasteiger partial charge in [0.05, 0.1) is 12.2 Å². The van der Waals surface area contributed by atoms with Gasteiger partial charge < -0.3 is 40.1 Å². The summed E-state index contributed by atoms with van der Waals surface area (Å²) < 4.78 is 10.3. The largest absolute Gasteiger partial charge is 0.479 e. The van der Waals surface area contributed by atoms with Gasteiger partial charge in [-0.1, -0.05) is 34.1 Å². The molecule has 4 aliphatic carbocycles. The Labute approximate surface area is 248 Å². The van der Waals surface area contributed by atoms with Gasteiger partial charge in [-0.25, -0.2) is 4.79 Å². The van der Waals surface area contributed by atoms with Gasteiger partial charge in [0.15, 0.2) is 6.10 Å². The molecule has 1 aliphatic heterocycles. The van der Waals surface area contributed by atoms with Crippen molar-refractivity contribution in [3.05, 3.63) is 0 Å². The number of aliphatic hydroxyl groups is 5. The van der Waals surface area contributed by atoms with E-state index in [1.54, 1.807) is 0 Å². The van der Waals surface area contributed by atoms with E-state index in [1.165, 1.54) is 0 Å². The summed E-state index contributed by atoms with van der Waals surface area (Å²) >= 11 is 0. The molecule has 0 aromatic heterocycles. The lowest BCUT2D eigenvalue weighted by Crippen LogP contribution is -2.62. The smallest absolute Gasteiger partial charge is 0.335 e. The highest BCUT2D eigenvalue weighted by atomic mass is 16.7. The highest BCUT2D eigenvalue weighted by molar-refractivity contribution is 5.73. The number of ether oxygens (including phenoxy) is 2. The minimum absolute atomic E-state index is 0.0516. The molecular formula is C32H52O10. The Morgan fingerprint density at radius 1 is 0.881 bits per heavy atom. The maximum Gasteiger partial charge on any atom is 0.335 e. The first-order valence-electron chi connectivity index (χ1n) is 16.2. The third-order valence-electron chi connectivity index (χ3n) is 13.0. The molecule has 5 aliphatic rings. The van der Waals surface area contributed by atoms with E-state index in [9.17, 15) is 40.2 Å². The molecule has 4 saturated carbocycles. The van der Waals surface area contributed by atoms with Crippen LogP contribution in [0.25, 0.3) is 0 Å². The second kappa shape index (κ2) is 11.9. The zero-order chi connectivity index (χ0) is 30.7. The third kappa shape index (κ3) is 5.21. The molecule has 240 valence electrons. The van der Waals surface area contributed by atoms with Crippen LogP contribution in [0.15, 0.2) is 0 Å². The van der Waals surface area contributed by atoms with Crippen LogP contribution in [-0.4, -0.2) is 85.5 Å². The lowest BCUT2D eigenvalue weighted by molar-refractivity contribution is -0.286. The number of hydrogen-bond acceptors (Lipinski definition) is 9. The zero-order valence-corrected chi connectivity index (χ0v) is 25.5. The van der Waals surface area contributed by atoms with Crippen molar-refractivity contribution in [1.82, 2.24) is 0 Å². The maximum atomic E-state index is 12.7. The highest BCUT2D eigenvalue weighted by Crippen LogP contribution is 2.69. The van der Waals surface area contributed by atoms with Crippen molar-refractivity contribution >= 4 is 11.9 Å². The number of carbonyl (C=O) groups excluding carboxylic acids is 1. The minimum atomic E-state index is -1.84. The van der Waals surface area contributed by atoms with Gasteiger partial charge in [-0.3, -0.25) is 4.79 Å². The molecule has 1 saturated heterocycles. The van der Waals surface area contributed by atoms with E-state index in [1.807, 2.05) is 0 Å². The number of carboxylic acid groups (broad SMARTS) is 1. The SMILES string of the molecule is CC[C@H]1[C@@H](O)[C@H]2C3CC[C@H]([C@H](C)CCC(=O)O[C@@H]4O[C@H](C(=O)O)[C@@H](O)[C@H](O)[C@H]4O)[C@@]3(C)CC[C@@H]2[C@@]2(C)CC[C@@H](O)C[C@@H]12. The van der Waals surface area contributed by atoms with E-state index in [-0.39, 0.29) is 47.2 Å². The van der Waals surface area contributed by atoms with Gasteiger partial charge in [0.1, 0.15) is 18.3 Å². The van der Waals surface area contributed by atoms with Crippen LogP contribution in [0.5, 0.6) is 0 Å². The highest BCUT2D eigenvalue weighted by Gasteiger charge is 2.65. The van der Waals surface area contributed by atoms with Gasteiger partial charge >= 0.3 is 11.9 Å². The Bertz CT molecular complexity index is 1010. The second-order valence-corrected chi connectivity index (χ2v) is 14.9. The van der Waals surface area contributed by atoms with Crippen LogP contribution in [0.3, 0.4) is 0 Å². The molecule has 10 nitrogen and oxygen atoms in total. The molecule has 0 amide bonds. The summed E-state index contributed by atoms with van der Waals surface area (Å²) in [5, 5.41) is 61.7. The number of fused-ring (bicyclic) bond motifs is 5. The van der Waals surface area contributed by atoms with Crippen LogP contribution in [0.2, 0.25) is 0 Å². The van der Waals surface area contributed by atoms with E-state index in [0.29, 0.717) is 30.1 Å². The summed E-state index contributed by atoms with van der Waals surface area (Å²) in [5.74, 6) is 0.0872. The Hall–Kier alpha value is -1.30. The van der Waals surface area contributed by atoms with E-state index < -0.39 is 42.6 Å². The molecule has 0 aromatic carbocycles. The molecule has 5 fully saturated rings. The molecule has 10 heteroatoms. The van der Waals surface area contributed by atoms with E-state index >= 15 is 0 Å². The molecule has 5 rings (SSSR count). The molecule has 0 aromatic rings. The molecule has 16 atom stereocenters. The van der Waals surface area contributed by atoms with Gasteiger partial charge in [0.25, 0.3) is 0 Å². The van der Waals surface area contributed by atoms with Crippen molar-refractivity contribution in [3.63, 3.8) is 0 Å². The van der Waals surface area contributed by atoms with Gasteiger partial charge in [-0.15, -0.1) is 0 Å². The lowest BCUT2D eigenvalue weighted by Gasteiger charge is -2.64. The normalized spacial score (nSPS) is 51.1. The quantitative estimate of drug-likeness (QED) is 0.240. The standard InChI is InChI=1S/C32H52O10/c1-5-17-21-14-16(33)10-12-32(21,4)20-11-13-31(3)18(7-8-19(31)23(20)24(17)35)15(2)6-9-22(34)41-30-27(38)25(36)26(37)28(42-30)29(39)40/h15-21,23-28,30,33,35-38H,5-14H2,1-4H3,(H,39,40)/t15-,16-,17-,18-,19?,20+,21+,23+,24-,25+,26+,27-,28+,30-,31-,32-/m1/s1. The average Bonchev–Trinajstić information content (AvgIpc) is 3.30. The lowest BCUT2D eigenvalue weighted by atomic mass is 9.41. The molecule has 6 N–H and O–H groups in total. The molecular weight excluding hydrogens is 544 g/mol. The third-order valence-corrected chi connectivity index (χ3v) is 13.0. The fourth-order valence-corrected chi connectivity index (χ4v) is 10.8. The van der Waals surface area contributed by atoms with Crippen molar-refractivity contribution in [2.24, 2.45) is 52.3 Å². The maximum absolute atomic E-state index is 12.7. The van der Waals surface area contributed by atoms with Crippen molar-refractivity contribution in [2.45, 2.75) is 135 Å². The monoisotopic (exact) mass is 596 g/mol. The van der Waals surface area contributed by atoms with Crippen LogP contribution < -0.4 is 0 Å². The number of hydrogen-bond donors (Lipinski definition) is 6. The number of rotatable bonds is 7. The van der Waals surface area contributed by atoms with Crippen molar-refractivity contribution in [1.29, 1.82) is 0 Å². The molecule has 1 heterocycles. The van der Waals surface area contributed by atoms with Crippen LogP contribution in [0.1, 0.15) is 91.9 Å². The summed E-state index contributed by atoms with van der Waals surface area (Å²) in [6.45, 7) is 9.16. The number of carbonyl (C=O) groups is 2. The predicted octanol–water partition coefficient (Wildman–Crippen LogP) is 2.46. The Kier molecular flexibility index (Phi) is 9.09. The van der Waals surface area contributed by atoms with Gasteiger partial charge in [-0.05, 0) is 104 Å². The molecule has 0 bridgehead atoms. The molecule has 42 heavy (non-hydrogen) atoms. The van der Waals surface area contributed by atoms with Crippen LogP contribution in [0.4, 0.5) is 0 Å². The number of aliphatic carboxylic acids is 1. The van der Waals surface area contributed by atoms with Crippen LogP contribution in [-0.2, 0) is 19.1 Å². The Morgan fingerprint density at radius 2 is 1.55 bits per heavy atom. The molecule has 0 spiro atoms. The summed E-state index contributed by atoms with van der Waals surface area (Å²) in [6.07, 6.45) is -1.07. The number of esters is 1.